The predicted octanol–water partition coefficient (Wildman–Crippen LogP) is 1.22. The van der Waals surface area contributed by atoms with Crippen molar-refractivity contribution in [3.8, 4) is 0 Å². The SMILES string of the molecule is CCNC(CO)(CN1CCCC1C)C1CC1. The van der Waals surface area contributed by atoms with Crippen LogP contribution in [0.3, 0.4) is 0 Å². The summed E-state index contributed by atoms with van der Waals surface area (Å²) >= 11 is 0. The maximum atomic E-state index is 9.78. The quantitative estimate of drug-likeness (QED) is 0.715. The second kappa shape index (κ2) is 5.03. The lowest BCUT2D eigenvalue weighted by molar-refractivity contribution is 0.0892. The average molecular weight is 226 g/mol. The second-order valence-electron chi connectivity index (χ2n) is 5.58. The Balaban J connectivity index is 2.00. The summed E-state index contributed by atoms with van der Waals surface area (Å²) in [5.41, 5.74) is -0.0205. The average Bonchev–Trinajstić information content (AvgIpc) is 3.05. The van der Waals surface area contributed by atoms with Crippen LogP contribution in [0.2, 0.25) is 0 Å². The summed E-state index contributed by atoms with van der Waals surface area (Å²) in [6, 6.07) is 0.698. The van der Waals surface area contributed by atoms with Crippen molar-refractivity contribution in [1.29, 1.82) is 0 Å². The van der Waals surface area contributed by atoms with Gasteiger partial charge in [-0.25, -0.2) is 0 Å². The fourth-order valence-corrected chi connectivity index (χ4v) is 3.14. The minimum absolute atomic E-state index is 0.0205. The molecule has 1 heterocycles. The molecule has 2 aliphatic rings. The van der Waals surface area contributed by atoms with E-state index in [1.54, 1.807) is 0 Å². The maximum Gasteiger partial charge on any atom is 0.0628 e. The van der Waals surface area contributed by atoms with Gasteiger partial charge in [0.2, 0.25) is 0 Å². The summed E-state index contributed by atoms with van der Waals surface area (Å²) < 4.78 is 0. The molecule has 3 heteroatoms. The number of hydrogen-bond donors (Lipinski definition) is 2. The van der Waals surface area contributed by atoms with Crippen LogP contribution in [0.4, 0.5) is 0 Å². The van der Waals surface area contributed by atoms with E-state index in [4.69, 9.17) is 0 Å². The molecule has 0 amide bonds. The number of likely N-dealkylation sites (N-methyl/N-ethyl adjacent to an activating group) is 1. The third-order valence-electron chi connectivity index (χ3n) is 4.35. The van der Waals surface area contributed by atoms with E-state index in [0.29, 0.717) is 12.0 Å². The van der Waals surface area contributed by atoms with E-state index >= 15 is 0 Å². The fourth-order valence-electron chi connectivity index (χ4n) is 3.14. The number of nitrogens with one attached hydrogen (secondary N) is 1. The number of hydrogen-bond acceptors (Lipinski definition) is 3. The fraction of sp³-hybridized carbons (Fsp3) is 1.00. The molecule has 94 valence electrons. The molecular weight excluding hydrogens is 200 g/mol. The van der Waals surface area contributed by atoms with Gasteiger partial charge in [0.05, 0.1) is 12.1 Å². The Hall–Kier alpha value is -0.120. The van der Waals surface area contributed by atoms with Crippen LogP contribution in [0.5, 0.6) is 0 Å². The van der Waals surface area contributed by atoms with Crippen LogP contribution in [-0.4, -0.2) is 47.8 Å². The van der Waals surface area contributed by atoms with Gasteiger partial charge in [0.1, 0.15) is 0 Å². The molecule has 0 radical (unpaired) electrons. The van der Waals surface area contributed by atoms with Gasteiger partial charge in [-0.2, -0.15) is 0 Å². The highest BCUT2D eigenvalue weighted by Crippen LogP contribution is 2.40. The largest absolute Gasteiger partial charge is 0.394 e. The zero-order chi connectivity index (χ0) is 11.6. The summed E-state index contributed by atoms with van der Waals surface area (Å²) in [6.07, 6.45) is 5.21. The van der Waals surface area contributed by atoms with Crippen molar-refractivity contribution in [2.75, 3.05) is 26.2 Å². The van der Waals surface area contributed by atoms with Crippen molar-refractivity contribution >= 4 is 0 Å². The molecule has 0 aromatic carbocycles. The van der Waals surface area contributed by atoms with Crippen LogP contribution in [0, 0.1) is 5.92 Å². The zero-order valence-electron chi connectivity index (χ0n) is 10.7. The molecule has 2 N–H and O–H groups in total. The lowest BCUT2D eigenvalue weighted by Gasteiger charge is -2.38. The molecular formula is C13H26N2O. The van der Waals surface area contributed by atoms with Crippen molar-refractivity contribution < 1.29 is 5.11 Å². The molecule has 1 aliphatic carbocycles. The van der Waals surface area contributed by atoms with E-state index in [0.717, 1.165) is 13.1 Å². The molecule has 0 aromatic rings. The second-order valence-corrected chi connectivity index (χ2v) is 5.58. The molecule has 2 fully saturated rings. The van der Waals surface area contributed by atoms with Gasteiger partial charge in [-0.3, -0.25) is 4.90 Å². The first-order valence-electron chi connectivity index (χ1n) is 6.82. The first-order chi connectivity index (χ1) is 7.72. The third-order valence-corrected chi connectivity index (χ3v) is 4.35. The van der Waals surface area contributed by atoms with Crippen molar-refractivity contribution in [3.05, 3.63) is 0 Å². The number of aliphatic hydroxyl groups excluding tert-OH is 1. The summed E-state index contributed by atoms with van der Waals surface area (Å²) in [5.74, 6) is 0.699. The van der Waals surface area contributed by atoms with Gasteiger partial charge in [-0.15, -0.1) is 0 Å². The van der Waals surface area contributed by atoms with Gasteiger partial charge in [0.15, 0.2) is 0 Å². The van der Waals surface area contributed by atoms with Crippen molar-refractivity contribution in [3.63, 3.8) is 0 Å². The van der Waals surface area contributed by atoms with E-state index in [-0.39, 0.29) is 12.1 Å². The summed E-state index contributed by atoms with van der Waals surface area (Å²) in [4.78, 5) is 2.55. The van der Waals surface area contributed by atoms with Gasteiger partial charge in [-0.05, 0) is 51.6 Å². The predicted molar refractivity (Wildman–Crippen MR) is 66.5 cm³/mol. The van der Waals surface area contributed by atoms with Crippen LogP contribution >= 0.6 is 0 Å². The topological polar surface area (TPSA) is 35.5 Å². The lowest BCUT2D eigenvalue weighted by atomic mass is 9.93. The molecule has 0 aromatic heterocycles. The highest BCUT2D eigenvalue weighted by Gasteiger charge is 2.46. The van der Waals surface area contributed by atoms with E-state index < -0.39 is 0 Å². The zero-order valence-corrected chi connectivity index (χ0v) is 10.7. The molecule has 0 spiro atoms. The Morgan fingerprint density at radius 2 is 2.12 bits per heavy atom. The van der Waals surface area contributed by atoms with E-state index in [9.17, 15) is 5.11 Å². The summed E-state index contributed by atoms with van der Waals surface area (Å²) in [5, 5.41) is 13.3. The highest BCUT2D eigenvalue weighted by atomic mass is 16.3. The summed E-state index contributed by atoms with van der Waals surface area (Å²) in [6.45, 7) is 7.94. The van der Waals surface area contributed by atoms with Crippen LogP contribution < -0.4 is 5.32 Å². The normalized spacial score (nSPS) is 30.6. The Morgan fingerprint density at radius 1 is 1.38 bits per heavy atom. The summed E-state index contributed by atoms with van der Waals surface area (Å²) in [7, 11) is 0. The van der Waals surface area contributed by atoms with Crippen molar-refractivity contribution in [2.45, 2.75) is 51.1 Å². The van der Waals surface area contributed by atoms with Crippen molar-refractivity contribution in [2.24, 2.45) is 5.92 Å². The van der Waals surface area contributed by atoms with Gasteiger partial charge in [0, 0.05) is 12.6 Å². The van der Waals surface area contributed by atoms with Crippen LogP contribution in [0.1, 0.15) is 39.5 Å². The lowest BCUT2D eigenvalue weighted by Crippen LogP contribution is -2.58. The standard InChI is InChI=1S/C13H26N2O/c1-3-14-13(10-16,12-6-7-12)9-15-8-4-5-11(15)2/h11-12,14,16H,3-10H2,1-2H3. The van der Waals surface area contributed by atoms with Crippen LogP contribution in [0.25, 0.3) is 0 Å². The number of likely N-dealkylation sites (tertiary alicyclic amines) is 1. The third kappa shape index (κ3) is 2.41. The number of rotatable bonds is 6. The van der Waals surface area contributed by atoms with E-state index in [2.05, 4.69) is 24.1 Å². The Labute approximate surface area is 99.2 Å². The van der Waals surface area contributed by atoms with Gasteiger partial charge >= 0.3 is 0 Å². The maximum absolute atomic E-state index is 9.78. The monoisotopic (exact) mass is 226 g/mol. The molecule has 2 rings (SSSR count). The van der Waals surface area contributed by atoms with E-state index in [1.807, 2.05) is 0 Å². The smallest absolute Gasteiger partial charge is 0.0628 e. The minimum atomic E-state index is -0.0205. The highest BCUT2D eigenvalue weighted by molar-refractivity contribution is 5.03. The molecule has 1 aliphatic heterocycles. The van der Waals surface area contributed by atoms with Gasteiger partial charge in [0.25, 0.3) is 0 Å². The molecule has 1 saturated carbocycles. The van der Waals surface area contributed by atoms with Gasteiger partial charge < -0.3 is 10.4 Å². The van der Waals surface area contributed by atoms with Crippen LogP contribution in [0.15, 0.2) is 0 Å². The first-order valence-corrected chi connectivity index (χ1v) is 6.82. The van der Waals surface area contributed by atoms with Crippen molar-refractivity contribution in [1.82, 2.24) is 10.2 Å². The molecule has 0 bridgehead atoms. The molecule has 3 nitrogen and oxygen atoms in total. The van der Waals surface area contributed by atoms with Crippen LogP contribution in [-0.2, 0) is 0 Å². The Morgan fingerprint density at radius 3 is 2.56 bits per heavy atom. The minimum Gasteiger partial charge on any atom is -0.394 e. The van der Waals surface area contributed by atoms with Gasteiger partial charge in [-0.1, -0.05) is 6.92 Å². The Bertz CT molecular complexity index is 230. The number of aliphatic hydroxyl groups is 1. The molecule has 1 saturated heterocycles. The first kappa shape index (κ1) is 12.3. The molecule has 2 atom stereocenters. The molecule has 2 unspecified atom stereocenters. The molecule has 16 heavy (non-hydrogen) atoms. The van der Waals surface area contributed by atoms with E-state index in [1.165, 1.54) is 32.2 Å². The Kier molecular flexibility index (Phi) is 3.88. The number of nitrogens with zero attached hydrogens (tertiary/aromatic N) is 1.